The molecule has 0 saturated heterocycles. The second-order valence-corrected chi connectivity index (χ2v) is 5.05. The van der Waals surface area contributed by atoms with Crippen molar-refractivity contribution in [1.82, 2.24) is 25.5 Å². The van der Waals surface area contributed by atoms with Crippen molar-refractivity contribution < 1.29 is 0 Å². The molecule has 2 aromatic heterocycles. The lowest BCUT2D eigenvalue weighted by Gasteiger charge is -2.08. The van der Waals surface area contributed by atoms with E-state index in [2.05, 4.69) is 32.6 Å². The van der Waals surface area contributed by atoms with Crippen LogP contribution in [0.25, 0.3) is 10.9 Å². The van der Waals surface area contributed by atoms with E-state index in [0.29, 0.717) is 0 Å². The fraction of sp³-hybridized carbons (Fsp3) is 0.154. The number of hydrogen-bond donors (Lipinski definition) is 2. The van der Waals surface area contributed by atoms with E-state index in [1.807, 2.05) is 25.2 Å². The molecule has 0 bridgehead atoms. The summed E-state index contributed by atoms with van der Waals surface area (Å²) >= 11 is 1.50. The number of pyridine rings is 1. The Morgan fingerprint density at radius 3 is 3.00 bits per heavy atom. The minimum absolute atomic E-state index is 0.750. The van der Waals surface area contributed by atoms with Crippen molar-refractivity contribution in [2.75, 3.05) is 7.05 Å². The molecule has 0 spiro atoms. The van der Waals surface area contributed by atoms with Gasteiger partial charge < -0.3 is 5.32 Å². The smallest absolute Gasteiger partial charge is 0.189 e. The Morgan fingerprint density at radius 2 is 2.21 bits per heavy atom. The van der Waals surface area contributed by atoms with Crippen LogP contribution in [0.1, 0.15) is 5.56 Å². The van der Waals surface area contributed by atoms with Gasteiger partial charge in [0.1, 0.15) is 11.4 Å². The van der Waals surface area contributed by atoms with Crippen LogP contribution in [-0.4, -0.2) is 27.2 Å². The fourth-order valence-electron chi connectivity index (χ4n) is 1.88. The summed E-state index contributed by atoms with van der Waals surface area (Å²) in [5.74, 6) is 0. The molecule has 0 amide bonds. The van der Waals surface area contributed by atoms with Crippen molar-refractivity contribution in [3.8, 4) is 0 Å². The van der Waals surface area contributed by atoms with Gasteiger partial charge in [0.15, 0.2) is 5.16 Å². The van der Waals surface area contributed by atoms with Gasteiger partial charge in [-0.05, 0) is 36.5 Å². The first kappa shape index (κ1) is 12.1. The molecule has 1 aromatic carbocycles. The highest BCUT2D eigenvalue weighted by atomic mass is 32.2. The van der Waals surface area contributed by atoms with E-state index in [-0.39, 0.29) is 0 Å². The number of fused-ring (bicyclic) bond motifs is 1. The molecule has 0 aliphatic heterocycles. The van der Waals surface area contributed by atoms with Crippen LogP contribution in [0.3, 0.4) is 0 Å². The maximum atomic E-state index is 4.70. The average molecular weight is 271 g/mol. The number of aromatic nitrogens is 4. The molecule has 0 aliphatic rings. The molecule has 3 aromatic rings. The Morgan fingerprint density at radius 1 is 1.32 bits per heavy atom. The molecule has 19 heavy (non-hydrogen) atoms. The molecule has 0 fully saturated rings. The van der Waals surface area contributed by atoms with E-state index < -0.39 is 0 Å². The zero-order valence-electron chi connectivity index (χ0n) is 10.4. The van der Waals surface area contributed by atoms with E-state index in [1.165, 1.54) is 18.1 Å². The molecule has 0 unspecified atom stereocenters. The Balaban J connectivity index is 2.06. The molecule has 0 atom stereocenters. The van der Waals surface area contributed by atoms with Crippen LogP contribution in [0.2, 0.25) is 0 Å². The monoisotopic (exact) mass is 271 g/mol. The molecule has 0 saturated carbocycles. The highest BCUT2D eigenvalue weighted by molar-refractivity contribution is 7.99. The lowest BCUT2D eigenvalue weighted by Crippen LogP contribution is -2.07. The van der Waals surface area contributed by atoms with Gasteiger partial charge in [0.05, 0.1) is 5.52 Å². The van der Waals surface area contributed by atoms with Crippen molar-refractivity contribution in [1.29, 1.82) is 0 Å². The van der Waals surface area contributed by atoms with Crippen molar-refractivity contribution in [2.45, 2.75) is 16.7 Å². The molecule has 2 N–H and O–H groups in total. The standard InChI is InChI=1S/C13H13N5S/c1-14-7-10-6-9-4-2-3-5-11(9)17-12(10)19-13-15-8-16-18-13/h2-6,8,14H,7H2,1H3,(H,15,16,18). The second-order valence-electron chi connectivity index (χ2n) is 4.07. The number of hydrogen-bond acceptors (Lipinski definition) is 5. The maximum Gasteiger partial charge on any atom is 0.189 e. The van der Waals surface area contributed by atoms with E-state index in [1.54, 1.807) is 0 Å². The molecular formula is C13H13N5S. The molecule has 0 radical (unpaired) electrons. The third kappa shape index (κ3) is 2.59. The van der Waals surface area contributed by atoms with Gasteiger partial charge in [0, 0.05) is 11.9 Å². The number of nitrogens with zero attached hydrogens (tertiary/aromatic N) is 3. The Labute approximate surface area is 114 Å². The molecule has 6 heteroatoms. The fourth-order valence-corrected chi connectivity index (χ4v) is 2.67. The van der Waals surface area contributed by atoms with E-state index >= 15 is 0 Å². The third-order valence-electron chi connectivity index (χ3n) is 2.72. The van der Waals surface area contributed by atoms with Crippen molar-refractivity contribution in [3.05, 3.63) is 42.2 Å². The minimum Gasteiger partial charge on any atom is -0.316 e. The van der Waals surface area contributed by atoms with Gasteiger partial charge in [-0.1, -0.05) is 18.2 Å². The van der Waals surface area contributed by atoms with Crippen LogP contribution < -0.4 is 5.32 Å². The first-order valence-corrected chi connectivity index (χ1v) is 6.75. The largest absolute Gasteiger partial charge is 0.316 e. The van der Waals surface area contributed by atoms with E-state index in [0.717, 1.165) is 33.2 Å². The number of H-pyrrole nitrogens is 1. The quantitative estimate of drug-likeness (QED) is 0.761. The average Bonchev–Trinajstić information content (AvgIpc) is 2.93. The summed E-state index contributed by atoms with van der Waals surface area (Å²) in [6, 6.07) is 10.3. The summed E-state index contributed by atoms with van der Waals surface area (Å²) in [7, 11) is 1.93. The van der Waals surface area contributed by atoms with Crippen molar-refractivity contribution in [2.24, 2.45) is 0 Å². The maximum absolute atomic E-state index is 4.70. The lowest BCUT2D eigenvalue weighted by molar-refractivity contribution is 0.793. The number of nitrogens with one attached hydrogen (secondary N) is 2. The zero-order chi connectivity index (χ0) is 13.1. The predicted octanol–water partition coefficient (Wildman–Crippen LogP) is 2.22. The van der Waals surface area contributed by atoms with Gasteiger partial charge in [0.2, 0.25) is 0 Å². The summed E-state index contributed by atoms with van der Waals surface area (Å²) in [4.78, 5) is 8.83. The molecule has 3 rings (SSSR count). The first-order valence-electron chi connectivity index (χ1n) is 5.93. The number of aromatic amines is 1. The SMILES string of the molecule is CNCc1cc2ccccc2nc1Sc1ncn[nH]1. The normalized spacial score (nSPS) is 11.0. The van der Waals surface area contributed by atoms with Gasteiger partial charge in [-0.15, -0.1) is 0 Å². The molecule has 96 valence electrons. The van der Waals surface area contributed by atoms with Gasteiger partial charge in [-0.2, -0.15) is 5.10 Å². The van der Waals surface area contributed by atoms with Crippen LogP contribution in [0.4, 0.5) is 0 Å². The summed E-state index contributed by atoms with van der Waals surface area (Å²) in [6.07, 6.45) is 1.50. The van der Waals surface area contributed by atoms with Crippen LogP contribution in [0.15, 0.2) is 46.8 Å². The molecule has 2 heterocycles. The Hall–Kier alpha value is -1.92. The zero-order valence-corrected chi connectivity index (χ0v) is 11.2. The molecule has 0 aliphatic carbocycles. The van der Waals surface area contributed by atoms with Crippen LogP contribution in [0, 0.1) is 0 Å². The Bertz CT molecular complexity index is 681. The number of para-hydroxylation sites is 1. The van der Waals surface area contributed by atoms with Gasteiger partial charge in [-0.25, -0.2) is 9.97 Å². The summed E-state index contributed by atoms with van der Waals surface area (Å²) in [5.41, 5.74) is 2.15. The molecule has 5 nitrogen and oxygen atoms in total. The molecular weight excluding hydrogens is 258 g/mol. The predicted molar refractivity (Wildman–Crippen MR) is 75.0 cm³/mol. The Kier molecular flexibility index (Phi) is 3.43. The van der Waals surface area contributed by atoms with Crippen molar-refractivity contribution in [3.63, 3.8) is 0 Å². The van der Waals surface area contributed by atoms with E-state index in [4.69, 9.17) is 4.98 Å². The second kappa shape index (κ2) is 5.38. The lowest BCUT2D eigenvalue weighted by atomic mass is 10.1. The first-order chi connectivity index (χ1) is 9.36. The number of rotatable bonds is 4. The van der Waals surface area contributed by atoms with Crippen LogP contribution in [-0.2, 0) is 6.54 Å². The van der Waals surface area contributed by atoms with Gasteiger partial charge >= 0.3 is 0 Å². The van der Waals surface area contributed by atoms with E-state index in [9.17, 15) is 0 Å². The van der Waals surface area contributed by atoms with Gasteiger partial charge in [0.25, 0.3) is 0 Å². The summed E-state index contributed by atoms with van der Waals surface area (Å²) in [6.45, 7) is 0.772. The minimum atomic E-state index is 0.750. The van der Waals surface area contributed by atoms with Crippen LogP contribution in [0.5, 0.6) is 0 Å². The topological polar surface area (TPSA) is 66.5 Å². The number of benzene rings is 1. The highest BCUT2D eigenvalue weighted by Gasteiger charge is 2.09. The third-order valence-corrected chi connectivity index (χ3v) is 3.65. The van der Waals surface area contributed by atoms with Crippen LogP contribution >= 0.6 is 11.8 Å². The van der Waals surface area contributed by atoms with Gasteiger partial charge in [-0.3, -0.25) is 5.10 Å². The van der Waals surface area contributed by atoms with Crippen molar-refractivity contribution >= 4 is 22.7 Å². The summed E-state index contributed by atoms with van der Waals surface area (Å²) in [5, 5.41) is 12.7. The summed E-state index contributed by atoms with van der Waals surface area (Å²) < 4.78 is 0. The highest BCUT2D eigenvalue weighted by Crippen LogP contribution is 2.28.